The SMILES string of the molecule is C[N+]1=C=[N+](c2cccc(Oc3cccc([N+]4=C=[N+](c5c(-c6ccccc6)cccc5-c5ccccc5)c5c4ccc4ccccc54)c3)c2)c2cccnc21. The second kappa shape index (κ2) is 12.9. The third-order valence-electron chi connectivity index (χ3n) is 9.94. The van der Waals surface area contributed by atoms with Crippen LogP contribution in [-0.2, 0) is 0 Å². The highest BCUT2D eigenvalue weighted by molar-refractivity contribution is 6.06. The van der Waals surface area contributed by atoms with Gasteiger partial charge in [0, 0.05) is 29.2 Å². The molecular weight excluding hydrogens is 663 g/mol. The molecule has 0 saturated carbocycles. The summed E-state index contributed by atoms with van der Waals surface area (Å²) in [6.45, 7) is 0. The van der Waals surface area contributed by atoms with Crippen molar-refractivity contribution in [2.75, 3.05) is 7.05 Å². The predicted octanol–water partition coefficient (Wildman–Crippen LogP) is 11.5. The van der Waals surface area contributed by atoms with Crippen LogP contribution >= 0.6 is 0 Å². The first-order valence-electron chi connectivity index (χ1n) is 17.9. The summed E-state index contributed by atoms with van der Waals surface area (Å²) >= 11 is 0. The normalized spacial score (nSPS) is 12.8. The van der Waals surface area contributed by atoms with Crippen molar-refractivity contribution in [3.8, 4) is 33.8 Å². The third-order valence-corrected chi connectivity index (χ3v) is 9.94. The van der Waals surface area contributed by atoms with E-state index in [2.05, 4.69) is 154 Å². The Labute approximate surface area is 312 Å². The zero-order valence-electron chi connectivity index (χ0n) is 29.5. The summed E-state index contributed by atoms with van der Waals surface area (Å²) in [5.74, 6) is 2.30. The Balaban J connectivity index is 1.13. The summed E-state index contributed by atoms with van der Waals surface area (Å²) in [6.07, 6.45) is 1.80. The fourth-order valence-corrected chi connectivity index (χ4v) is 7.49. The lowest BCUT2D eigenvalue weighted by Gasteiger charge is -2.11. The Bertz CT molecular complexity index is 2880. The molecule has 0 spiro atoms. The van der Waals surface area contributed by atoms with Gasteiger partial charge in [0.1, 0.15) is 18.5 Å². The molecule has 0 N–H and O–H groups in total. The maximum Gasteiger partial charge on any atom is 0.503 e. The third kappa shape index (κ3) is 5.35. The van der Waals surface area contributed by atoms with Crippen molar-refractivity contribution in [3.63, 3.8) is 0 Å². The first-order valence-corrected chi connectivity index (χ1v) is 17.9. The molecule has 0 aliphatic carbocycles. The molecule has 0 bridgehead atoms. The van der Waals surface area contributed by atoms with E-state index in [4.69, 9.17) is 4.74 Å². The number of nitrogens with zero attached hydrogens (tertiary/aromatic N) is 5. The van der Waals surface area contributed by atoms with E-state index in [0.717, 1.165) is 84.5 Å². The number of rotatable bonds is 7. The first-order chi connectivity index (χ1) is 26.7. The van der Waals surface area contributed by atoms with Crippen LogP contribution in [0.25, 0.3) is 33.0 Å². The zero-order chi connectivity index (χ0) is 36.0. The van der Waals surface area contributed by atoms with Gasteiger partial charge in [-0.25, -0.2) is 0 Å². The lowest BCUT2D eigenvalue weighted by molar-refractivity contribution is -0.398. The molecule has 0 fully saturated rings. The Morgan fingerprint density at radius 1 is 0.481 bits per heavy atom. The summed E-state index contributed by atoms with van der Waals surface area (Å²) in [4.78, 5) is 4.53. The van der Waals surface area contributed by atoms with E-state index in [1.54, 1.807) is 6.20 Å². The van der Waals surface area contributed by atoms with E-state index < -0.39 is 0 Å². The molecule has 54 heavy (non-hydrogen) atoms. The summed E-state index contributed by atoms with van der Waals surface area (Å²) in [5.41, 5.74) is 10.5. The van der Waals surface area contributed by atoms with E-state index in [1.165, 1.54) is 0 Å². The Morgan fingerprint density at radius 3 is 1.78 bits per heavy atom. The van der Waals surface area contributed by atoms with Crippen molar-refractivity contribution in [1.29, 1.82) is 0 Å². The van der Waals surface area contributed by atoms with Crippen LogP contribution < -0.4 is 18.5 Å². The standard InChI is InChI=1S/C48H33N5O/c1-50-32-51(45-26-13-29-49-48(45)50)37-19-10-21-39(30-37)54-40-22-11-20-38(31-40)52-33-53(47-43-23-9-8-18-36(43)27-28-44(47)52)46-41(34-14-4-2-5-15-34)24-12-25-42(46)35-16-6-3-7-17-35/h2-31H,1H3/q+4. The number of ether oxygens (including phenoxy) is 1. The van der Waals surface area contributed by atoms with Gasteiger partial charge in [0.25, 0.3) is 11.4 Å². The van der Waals surface area contributed by atoms with Crippen LogP contribution in [0, 0.1) is 0 Å². The van der Waals surface area contributed by atoms with E-state index >= 15 is 0 Å². The summed E-state index contributed by atoms with van der Waals surface area (Å²) < 4.78 is 14.9. The molecule has 1 aromatic heterocycles. The quantitative estimate of drug-likeness (QED) is 0.156. The van der Waals surface area contributed by atoms with Gasteiger partial charge in [0.2, 0.25) is 11.4 Å². The fraction of sp³-hybridized carbons (Fsp3) is 0.0208. The van der Waals surface area contributed by atoms with Gasteiger partial charge in [-0.3, -0.25) is 0 Å². The average molecular weight is 696 g/mol. The lowest BCUT2D eigenvalue weighted by atomic mass is 9.95. The number of hydrogen-bond donors (Lipinski definition) is 0. The zero-order valence-corrected chi connectivity index (χ0v) is 29.5. The van der Waals surface area contributed by atoms with Crippen molar-refractivity contribution in [1.82, 2.24) is 18.7 Å². The smallest absolute Gasteiger partial charge is 0.457 e. The maximum absolute atomic E-state index is 6.57. The van der Waals surface area contributed by atoms with Gasteiger partial charge in [-0.15, -0.1) is 9.15 Å². The molecule has 2 aliphatic rings. The molecule has 3 heterocycles. The van der Waals surface area contributed by atoms with Crippen LogP contribution in [0.15, 0.2) is 182 Å². The molecular formula is C48H33N5O+4. The highest BCUT2D eigenvalue weighted by Crippen LogP contribution is 2.47. The Morgan fingerprint density at radius 2 is 1.09 bits per heavy atom. The minimum absolute atomic E-state index is 0.718. The van der Waals surface area contributed by atoms with Gasteiger partial charge >= 0.3 is 23.5 Å². The molecule has 0 radical (unpaired) electrons. The van der Waals surface area contributed by atoms with Crippen molar-refractivity contribution in [2.45, 2.75) is 0 Å². The molecule has 0 atom stereocenters. The monoisotopic (exact) mass is 695 g/mol. The summed E-state index contributed by atoms with van der Waals surface area (Å²) in [5, 5.41) is 2.31. The molecule has 0 amide bonds. The fourth-order valence-electron chi connectivity index (χ4n) is 7.49. The number of fused-ring (bicyclic) bond motifs is 4. The molecule has 10 rings (SSSR count). The lowest BCUT2D eigenvalue weighted by Crippen LogP contribution is -2.05. The minimum Gasteiger partial charge on any atom is -0.457 e. The van der Waals surface area contributed by atoms with Crippen LogP contribution in [0.4, 0.5) is 39.9 Å². The number of aromatic nitrogens is 1. The Kier molecular flexibility index (Phi) is 7.48. The first kappa shape index (κ1) is 31.3. The molecule has 8 aromatic rings. The number of pyridine rings is 1. The maximum atomic E-state index is 6.57. The average Bonchev–Trinajstić information content (AvgIpc) is 3.80. The molecule has 7 aromatic carbocycles. The van der Waals surface area contributed by atoms with Gasteiger partial charge in [-0.05, 0) is 74.2 Å². The van der Waals surface area contributed by atoms with Crippen LogP contribution in [0.1, 0.15) is 0 Å². The molecule has 6 nitrogen and oxygen atoms in total. The molecule has 0 saturated heterocycles. The van der Waals surface area contributed by atoms with Gasteiger partial charge in [-0.2, -0.15) is 0 Å². The Hall–Kier alpha value is -7.49. The summed E-state index contributed by atoms with van der Waals surface area (Å²) in [7, 11) is 1.95. The van der Waals surface area contributed by atoms with Crippen LogP contribution in [0.5, 0.6) is 11.5 Å². The van der Waals surface area contributed by atoms with E-state index in [9.17, 15) is 0 Å². The highest BCUT2D eigenvalue weighted by Gasteiger charge is 2.41. The number of benzene rings is 7. The van der Waals surface area contributed by atoms with Crippen LogP contribution in [0.3, 0.4) is 0 Å². The van der Waals surface area contributed by atoms with E-state index in [-0.39, 0.29) is 0 Å². The minimum atomic E-state index is 0.718. The topological polar surface area (TPSA) is 34.2 Å². The van der Waals surface area contributed by atoms with Crippen molar-refractivity contribution < 1.29 is 9.31 Å². The largest absolute Gasteiger partial charge is 0.503 e. The van der Waals surface area contributed by atoms with E-state index in [1.807, 2.05) is 64.7 Å². The number of para-hydroxylation sites is 1. The van der Waals surface area contributed by atoms with Crippen molar-refractivity contribution in [3.05, 3.63) is 182 Å². The molecule has 0 unspecified atom stereocenters. The number of hydrogen-bond acceptors (Lipinski definition) is 2. The summed E-state index contributed by atoms with van der Waals surface area (Å²) in [6, 6.07) is 68.2. The molecule has 6 heteroatoms. The highest BCUT2D eigenvalue weighted by atomic mass is 16.5. The van der Waals surface area contributed by atoms with Crippen LogP contribution in [-0.4, -0.2) is 28.6 Å². The van der Waals surface area contributed by atoms with Crippen molar-refractivity contribution >= 4 is 62.7 Å². The van der Waals surface area contributed by atoms with Gasteiger partial charge < -0.3 is 4.74 Å². The van der Waals surface area contributed by atoms with Crippen LogP contribution in [0.2, 0.25) is 0 Å². The van der Waals surface area contributed by atoms with Gasteiger partial charge in [0.15, 0.2) is 11.9 Å². The van der Waals surface area contributed by atoms with E-state index in [0.29, 0.717) is 0 Å². The predicted molar refractivity (Wildman–Crippen MR) is 219 cm³/mol. The van der Waals surface area contributed by atoms with Gasteiger partial charge in [-0.1, -0.05) is 97.1 Å². The van der Waals surface area contributed by atoms with Gasteiger partial charge in [0.05, 0.1) is 22.6 Å². The molecule has 2 aliphatic heterocycles. The second-order valence-corrected chi connectivity index (χ2v) is 13.3. The molecule has 252 valence electrons. The van der Waals surface area contributed by atoms with Crippen molar-refractivity contribution in [2.24, 2.45) is 0 Å². The second-order valence-electron chi connectivity index (χ2n) is 13.3.